The fourth-order valence-corrected chi connectivity index (χ4v) is 4.42. The van der Waals surface area contributed by atoms with Crippen LogP contribution in [0.2, 0.25) is 0 Å². The van der Waals surface area contributed by atoms with Crippen LogP contribution in [0.25, 0.3) is 21.5 Å². The second kappa shape index (κ2) is 12.0. The van der Waals surface area contributed by atoms with Crippen LogP contribution in [0.5, 0.6) is 0 Å². The monoisotopic (exact) mass is 608 g/mol. The van der Waals surface area contributed by atoms with Crippen molar-refractivity contribution in [1.29, 1.82) is 0 Å². The Hall–Kier alpha value is -6.84. The molecule has 0 aliphatic rings. The predicted octanol–water partition coefficient (Wildman–Crippen LogP) is 3.27. The number of aromatic carboxylic acids is 8. The van der Waals surface area contributed by atoms with Crippen molar-refractivity contribution in [1.82, 2.24) is 0 Å². The van der Waals surface area contributed by atoms with Crippen molar-refractivity contribution in [3.63, 3.8) is 0 Å². The molecule has 0 radical (unpaired) electrons. The molecule has 0 bridgehead atoms. The summed E-state index contributed by atoms with van der Waals surface area (Å²) >= 11 is 0. The van der Waals surface area contributed by atoms with E-state index in [1.807, 2.05) is 0 Å². The number of rotatable bonds is 8. The Bertz CT molecular complexity index is 1570. The highest BCUT2D eigenvalue weighted by molar-refractivity contribution is 6.23. The largest absolute Gasteiger partial charge is 0.478 e. The van der Waals surface area contributed by atoms with Gasteiger partial charge in [-0.25, -0.2) is 38.4 Å². The summed E-state index contributed by atoms with van der Waals surface area (Å²) in [6.07, 6.45) is 0. The van der Waals surface area contributed by atoms with Crippen LogP contribution in [0, 0.1) is 0 Å². The number of benzene rings is 4. The molecule has 0 aromatic heterocycles. The summed E-state index contributed by atoms with van der Waals surface area (Å²) < 4.78 is 0. The molecular weight excluding hydrogens is 592 g/mol. The summed E-state index contributed by atoms with van der Waals surface area (Å²) in [5.41, 5.74) is -3.89. The molecule has 0 aliphatic heterocycles. The zero-order chi connectivity index (χ0) is 33.2. The summed E-state index contributed by atoms with van der Waals surface area (Å²) in [5.74, 6) is -11.9. The molecule has 0 amide bonds. The van der Waals surface area contributed by atoms with E-state index in [4.69, 9.17) is 40.9 Å². The molecule has 0 fully saturated rings. The lowest BCUT2D eigenvalue weighted by atomic mass is 9.91. The van der Waals surface area contributed by atoms with Crippen LogP contribution in [0.15, 0.2) is 48.5 Å². The summed E-state index contributed by atoms with van der Waals surface area (Å²) in [6, 6.07) is 7.49. The van der Waals surface area contributed by atoms with Gasteiger partial charge < -0.3 is 40.9 Å². The van der Waals surface area contributed by atoms with Crippen LogP contribution in [0.3, 0.4) is 0 Å². The molecule has 16 nitrogen and oxygen atoms in total. The van der Waals surface area contributed by atoms with Crippen LogP contribution in [0.1, 0.15) is 82.9 Å². The Morgan fingerprint density at radius 2 is 0.341 bits per heavy atom. The first kappa shape index (κ1) is 31.7. The first-order chi connectivity index (χ1) is 20.5. The zero-order valence-electron chi connectivity index (χ0n) is 21.5. The highest BCUT2D eigenvalue weighted by Crippen LogP contribution is 2.32. The van der Waals surface area contributed by atoms with Crippen molar-refractivity contribution < 1.29 is 79.2 Å². The van der Waals surface area contributed by atoms with E-state index >= 15 is 0 Å². The van der Waals surface area contributed by atoms with E-state index in [0.29, 0.717) is 0 Å². The van der Waals surface area contributed by atoms with Crippen LogP contribution in [-0.4, -0.2) is 88.6 Å². The van der Waals surface area contributed by atoms with Gasteiger partial charge >= 0.3 is 47.8 Å². The number of carbonyl (C=O) groups is 8. The van der Waals surface area contributed by atoms with Gasteiger partial charge in [-0.2, -0.15) is 0 Å². The predicted molar refractivity (Wildman–Crippen MR) is 144 cm³/mol. The van der Waals surface area contributed by atoms with E-state index in [1.54, 1.807) is 0 Å². The maximum absolute atomic E-state index is 11.3. The van der Waals surface area contributed by atoms with Crippen LogP contribution < -0.4 is 0 Å². The highest BCUT2D eigenvalue weighted by atomic mass is 16.4. The SMILES string of the molecule is O=C(O)c1ccc(C(=O)O)c2c(C(=O)O)ccc(C(=O)O)c12.O=C(O)c1ccc(C(=O)O)c2c(C(=O)O)ccc(C(=O)O)c12. The molecule has 0 saturated heterocycles. The van der Waals surface area contributed by atoms with Gasteiger partial charge in [-0.15, -0.1) is 0 Å². The van der Waals surface area contributed by atoms with Gasteiger partial charge in [0.1, 0.15) is 0 Å². The maximum atomic E-state index is 11.3. The second-order valence-corrected chi connectivity index (χ2v) is 8.58. The Morgan fingerprint density at radius 1 is 0.250 bits per heavy atom. The third kappa shape index (κ3) is 5.66. The van der Waals surface area contributed by atoms with Crippen molar-refractivity contribution >= 4 is 69.3 Å². The van der Waals surface area contributed by atoms with Gasteiger partial charge in [0.15, 0.2) is 0 Å². The summed E-state index contributed by atoms with van der Waals surface area (Å²) in [7, 11) is 0. The molecule has 0 aliphatic carbocycles. The Morgan fingerprint density at radius 3 is 0.409 bits per heavy atom. The third-order valence-corrected chi connectivity index (χ3v) is 6.16. The Balaban J connectivity index is 0.000000240. The maximum Gasteiger partial charge on any atom is 0.336 e. The minimum absolute atomic E-state index is 0.431. The average Bonchev–Trinajstić information content (AvgIpc) is 2.94. The Kier molecular flexibility index (Phi) is 8.61. The van der Waals surface area contributed by atoms with Gasteiger partial charge in [0, 0.05) is 21.5 Å². The number of hydrogen-bond acceptors (Lipinski definition) is 8. The van der Waals surface area contributed by atoms with E-state index in [2.05, 4.69) is 0 Å². The van der Waals surface area contributed by atoms with Gasteiger partial charge in [0.25, 0.3) is 0 Å². The topological polar surface area (TPSA) is 298 Å². The summed E-state index contributed by atoms with van der Waals surface area (Å²) in [6.45, 7) is 0. The molecule has 8 N–H and O–H groups in total. The minimum atomic E-state index is -1.49. The van der Waals surface area contributed by atoms with Crippen molar-refractivity contribution in [2.45, 2.75) is 0 Å². The third-order valence-electron chi connectivity index (χ3n) is 6.16. The van der Waals surface area contributed by atoms with E-state index in [-0.39, 0.29) is 0 Å². The molecule has 224 valence electrons. The van der Waals surface area contributed by atoms with E-state index in [1.165, 1.54) is 0 Å². The quantitative estimate of drug-likeness (QED) is 0.142. The van der Waals surface area contributed by atoms with Crippen LogP contribution in [-0.2, 0) is 0 Å². The minimum Gasteiger partial charge on any atom is -0.478 e. The van der Waals surface area contributed by atoms with Crippen molar-refractivity contribution in [3.8, 4) is 0 Å². The summed E-state index contributed by atoms with van der Waals surface area (Å²) in [5, 5.41) is 71.6. The lowest BCUT2D eigenvalue weighted by molar-refractivity contribution is 0.0675. The molecular formula is C28H16O16. The van der Waals surface area contributed by atoms with E-state index < -0.39 is 114 Å². The Labute approximate surface area is 241 Å². The standard InChI is InChI=1S/2C14H8O8/c2*15-11(16)5-1-2-6(12(17)18)10-8(14(21)22)4-3-7(9(5)10)13(19)20/h2*1-4H,(H,15,16)(H,17,18)(H,19,20)(H,21,22). The van der Waals surface area contributed by atoms with Crippen molar-refractivity contribution in [2.24, 2.45) is 0 Å². The molecule has 0 spiro atoms. The van der Waals surface area contributed by atoms with E-state index in [0.717, 1.165) is 48.5 Å². The molecule has 0 unspecified atom stereocenters. The number of carboxylic acid groups (broad SMARTS) is 8. The zero-order valence-corrected chi connectivity index (χ0v) is 21.5. The molecule has 16 heteroatoms. The lowest BCUT2D eigenvalue weighted by Crippen LogP contribution is -2.11. The van der Waals surface area contributed by atoms with Gasteiger partial charge in [-0.05, 0) is 48.5 Å². The van der Waals surface area contributed by atoms with Gasteiger partial charge in [0.2, 0.25) is 0 Å². The lowest BCUT2D eigenvalue weighted by Gasteiger charge is -2.11. The highest BCUT2D eigenvalue weighted by Gasteiger charge is 2.26. The first-order valence-corrected chi connectivity index (χ1v) is 11.6. The fourth-order valence-electron chi connectivity index (χ4n) is 4.42. The number of fused-ring (bicyclic) bond motifs is 2. The number of carboxylic acids is 8. The average molecular weight is 608 g/mol. The first-order valence-electron chi connectivity index (χ1n) is 11.6. The second-order valence-electron chi connectivity index (χ2n) is 8.58. The van der Waals surface area contributed by atoms with Gasteiger partial charge in [0.05, 0.1) is 44.5 Å². The number of hydrogen-bond donors (Lipinski definition) is 8. The van der Waals surface area contributed by atoms with Gasteiger partial charge in [-0.1, -0.05) is 0 Å². The molecule has 44 heavy (non-hydrogen) atoms. The molecule has 4 aromatic rings. The smallest absolute Gasteiger partial charge is 0.336 e. The summed E-state index contributed by atoms with van der Waals surface area (Å²) in [4.78, 5) is 90.1. The van der Waals surface area contributed by atoms with E-state index in [9.17, 15) is 38.4 Å². The van der Waals surface area contributed by atoms with Crippen LogP contribution in [0.4, 0.5) is 0 Å². The van der Waals surface area contributed by atoms with Gasteiger partial charge in [-0.3, -0.25) is 0 Å². The van der Waals surface area contributed by atoms with Crippen LogP contribution >= 0.6 is 0 Å². The molecule has 4 rings (SSSR count). The molecule has 0 heterocycles. The molecule has 0 saturated carbocycles. The molecule has 0 atom stereocenters. The molecule has 4 aromatic carbocycles. The fraction of sp³-hybridized carbons (Fsp3) is 0. The normalized spacial score (nSPS) is 10.4. The van der Waals surface area contributed by atoms with Crippen molar-refractivity contribution in [2.75, 3.05) is 0 Å². The van der Waals surface area contributed by atoms with Crippen molar-refractivity contribution in [3.05, 3.63) is 93.0 Å².